The molecule has 0 aliphatic rings. The third kappa shape index (κ3) is 4.80. The van der Waals surface area contributed by atoms with Crippen LogP contribution in [0.4, 0.5) is 5.69 Å². The molecule has 0 aliphatic heterocycles. The molecule has 24 heavy (non-hydrogen) atoms. The first kappa shape index (κ1) is 16.9. The number of hydrazone groups is 1. The lowest BCUT2D eigenvalue weighted by molar-refractivity contribution is -0.385. The van der Waals surface area contributed by atoms with Crippen LogP contribution in [0.25, 0.3) is 0 Å². The summed E-state index contributed by atoms with van der Waals surface area (Å²) in [5.74, 6) is -0.410. The Balaban J connectivity index is 1.89. The Morgan fingerprint density at radius 2 is 2.04 bits per heavy atom. The van der Waals surface area contributed by atoms with Crippen LogP contribution in [-0.4, -0.2) is 28.8 Å². The van der Waals surface area contributed by atoms with Gasteiger partial charge in [-0.2, -0.15) is 5.10 Å². The second-order valence-electron chi connectivity index (χ2n) is 4.90. The van der Waals surface area contributed by atoms with Crippen LogP contribution in [0.15, 0.2) is 47.6 Å². The summed E-state index contributed by atoms with van der Waals surface area (Å²) >= 11 is 0. The smallest absolute Gasteiger partial charge is 0.311 e. The van der Waals surface area contributed by atoms with Crippen LogP contribution >= 0.6 is 0 Å². The van der Waals surface area contributed by atoms with Crippen LogP contribution in [0.1, 0.15) is 11.1 Å². The molecule has 2 aromatic carbocycles. The zero-order valence-corrected chi connectivity index (χ0v) is 12.8. The second kappa shape index (κ2) is 7.73. The third-order valence-corrected chi connectivity index (χ3v) is 2.97. The van der Waals surface area contributed by atoms with Crippen molar-refractivity contribution in [2.75, 3.05) is 6.61 Å². The monoisotopic (exact) mass is 329 g/mol. The van der Waals surface area contributed by atoms with E-state index in [4.69, 9.17) is 9.84 Å². The van der Waals surface area contributed by atoms with E-state index in [9.17, 15) is 14.9 Å². The Bertz CT molecular complexity index is 772. The van der Waals surface area contributed by atoms with E-state index in [1.807, 2.05) is 0 Å². The minimum Gasteiger partial charge on any atom is -0.508 e. The Labute approximate surface area is 137 Å². The molecule has 0 saturated heterocycles. The number of nitro benzene ring substituents is 1. The summed E-state index contributed by atoms with van der Waals surface area (Å²) in [6.45, 7) is 1.32. The van der Waals surface area contributed by atoms with Crippen LogP contribution in [-0.2, 0) is 4.79 Å². The first-order chi connectivity index (χ1) is 11.5. The van der Waals surface area contributed by atoms with Gasteiger partial charge >= 0.3 is 5.69 Å². The third-order valence-electron chi connectivity index (χ3n) is 2.97. The lowest BCUT2D eigenvalue weighted by Crippen LogP contribution is -2.24. The lowest BCUT2D eigenvalue weighted by atomic mass is 10.2. The van der Waals surface area contributed by atoms with Gasteiger partial charge in [0.1, 0.15) is 5.75 Å². The molecule has 0 unspecified atom stereocenters. The van der Waals surface area contributed by atoms with E-state index in [0.717, 1.165) is 5.56 Å². The molecule has 0 spiro atoms. The molecule has 0 aromatic heterocycles. The molecule has 0 fully saturated rings. The normalized spacial score (nSPS) is 10.5. The Kier molecular flexibility index (Phi) is 5.45. The van der Waals surface area contributed by atoms with Crippen LogP contribution < -0.4 is 10.2 Å². The van der Waals surface area contributed by atoms with E-state index in [-0.39, 0.29) is 17.2 Å². The van der Waals surface area contributed by atoms with Crippen molar-refractivity contribution in [3.8, 4) is 11.5 Å². The van der Waals surface area contributed by atoms with Gasteiger partial charge in [0.2, 0.25) is 0 Å². The largest absolute Gasteiger partial charge is 0.508 e. The van der Waals surface area contributed by atoms with Crippen molar-refractivity contribution in [2.24, 2.45) is 5.10 Å². The summed E-state index contributed by atoms with van der Waals surface area (Å²) in [7, 11) is 0. The molecule has 8 heteroatoms. The van der Waals surface area contributed by atoms with E-state index in [1.165, 1.54) is 30.5 Å². The minimum absolute atomic E-state index is 0.0169. The average Bonchev–Trinajstić information content (AvgIpc) is 2.55. The standard InChI is InChI=1S/C16H15N3O5/c1-11-2-7-15(14(8-11)19(22)23)24-10-16(21)18-17-9-12-3-5-13(20)6-4-12/h2-9,20H,10H2,1H3,(H,18,21)/b17-9+. The fraction of sp³-hybridized carbons (Fsp3) is 0.125. The zero-order chi connectivity index (χ0) is 17.5. The number of carbonyl (C=O) groups excluding carboxylic acids is 1. The van der Waals surface area contributed by atoms with Crippen molar-refractivity contribution in [2.45, 2.75) is 6.92 Å². The zero-order valence-electron chi connectivity index (χ0n) is 12.8. The van der Waals surface area contributed by atoms with Crippen molar-refractivity contribution < 1.29 is 19.6 Å². The van der Waals surface area contributed by atoms with Crippen molar-refractivity contribution >= 4 is 17.8 Å². The highest BCUT2D eigenvalue weighted by atomic mass is 16.6. The maximum absolute atomic E-state index is 11.6. The van der Waals surface area contributed by atoms with Gasteiger partial charge in [-0.3, -0.25) is 14.9 Å². The van der Waals surface area contributed by atoms with E-state index in [0.29, 0.717) is 5.56 Å². The number of aryl methyl sites for hydroxylation is 1. The molecular weight excluding hydrogens is 314 g/mol. The number of hydrogen-bond acceptors (Lipinski definition) is 6. The molecule has 0 saturated carbocycles. The molecule has 0 radical (unpaired) electrons. The molecule has 0 aliphatic carbocycles. The van der Waals surface area contributed by atoms with Gasteiger partial charge in [-0.05, 0) is 48.4 Å². The average molecular weight is 329 g/mol. The van der Waals surface area contributed by atoms with Crippen LogP contribution in [0.2, 0.25) is 0 Å². The Morgan fingerprint density at radius 1 is 1.33 bits per heavy atom. The fourth-order valence-electron chi connectivity index (χ4n) is 1.81. The Hall–Kier alpha value is -3.42. The molecule has 8 nitrogen and oxygen atoms in total. The second-order valence-corrected chi connectivity index (χ2v) is 4.90. The highest BCUT2D eigenvalue weighted by Crippen LogP contribution is 2.27. The number of phenols is 1. The number of amides is 1. The van der Waals surface area contributed by atoms with Crippen LogP contribution in [0.3, 0.4) is 0 Å². The van der Waals surface area contributed by atoms with Crippen LogP contribution in [0, 0.1) is 17.0 Å². The quantitative estimate of drug-likeness (QED) is 0.479. The summed E-state index contributed by atoms with van der Waals surface area (Å²) in [5.41, 5.74) is 3.45. The van der Waals surface area contributed by atoms with Gasteiger partial charge in [-0.25, -0.2) is 5.43 Å². The maximum Gasteiger partial charge on any atom is 0.311 e. The molecule has 2 rings (SSSR count). The number of nitro groups is 1. The molecule has 2 aromatic rings. The summed E-state index contributed by atoms with van der Waals surface area (Å²) < 4.78 is 5.17. The van der Waals surface area contributed by atoms with E-state index < -0.39 is 17.4 Å². The highest BCUT2D eigenvalue weighted by molar-refractivity contribution is 5.83. The van der Waals surface area contributed by atoms with Crippen molar-refractivity contribution in [3.05, 3.63) is 63.7 Å². The van der Waals surface area contributed by atoms with Crippen molar-refractivity contribution in [1.29, 1.82) is 0 Å². The molecule has 2 N–H and O–H groups in total. The minimum atomic E-state index is -0.566. The number of rotatable bonds is 6. The number of benzene rings is 2. The summed E-state index contributed by atoms with van der Waals surface area (Å²) in [4.78, 5) is 22.0. The number of phenolic OH excluding ortho intramolecular Hbond substituents is 1. The van der Waals surface area contributed by atoms with Crippen LogP contribution in [0.5, 0.6) is 11.5 Å². The maximum atomic E-state index is 11.6. The molecule has 1 amide bonds. The van der Waals surface area contributed by atoms with Gasteiger partial charge in [0, 0.05) is 6.07 Å². The summed E-state index contributed by atoms with van der Waals surface area (Å²) in [5, 5.41) is 23.8. The number of nitrogens with zero attached hydrogens (tertiary/aromatic N) is 2. The van der Waals surface area contributed by atoms with Gasteiger partial charge in [0.05, 0.1) is 11.1 Å². The van der Waals surface area contributed by atoms with Gasteiger partial charge in [0.25, 0.3) is 5.91 Å². The van der Waals surface area contributed by atoms with Gasteiger partial charge in [0.15, 0.2) is 12.4 Å². The Morgan fingerprint density at radius 3 is 2.71 bits per heavy atom. The SMILES string of the molecule is Cc1ccc(OCC(=O)N/N=C/c2ccc(O)cc2)c([N+](=O)[O-])c1. The topological polar surface area (TPSA) is 114 Å². The van der Waals surface area contributed by atoms with E-state index >= 15 is 0 Å². The molecular formula is C16H15N3O5. The van der Waals surface area contributed by atoms with Crippen molar-refractivity contribution in [3.63, 3.8) is 0 Å². The number of carbonyl (C=O) groups is 1. The van der Waals surface area contributed by atoms with E-state index in [2.05, 4.69) is 10.5 Å². The predicted octanol–water partition coefficient (Wildman–Crippen LogP) is 2.14. The first-order valence-electron chi connectivity index (χ1n) is 6.94. The van der Waals surface area contributed by atoms with Gasteiger partial charge < -0.3 is 9.84 Å². The van der Waals surface area contributed by atoms with Crippen molar-refractivity contribution in [1.82, 2.24) is 5.43 Å². The molecule has 0 atom stereocenters. The highest BCUT2D eigenvalue weighted by Gasteiger charge is 2.16. The predicted molar refractivity (Wildman–Crippen MR) is 87.2 cm³/mol. The summed E-state index contributed by atoms with van der Waals surface area (Å²) in [6, 6.07) is 10.7. The number of aromatic hydroxyl groups is 1. The number of ether oxygens (including phenoxy) is 1. The lowest BCUT2D eigenvalue weighted by Gasteiger charge is -2.06. The van der Waals surface area contributed by atoms with E-state index in [1.54, 1.807) is 25.1 Å². The molecule has 0 heterocycles. The fourth-order valence-corrected chi connectivity index (χ4v) is 1.81. The summed E-state index contributed by atoms with van der Waals surface area (Å²) in [6.07, 6.45) is 1.39. The van der Waals surface area contributed by atoms with Gasteiger partial charge in [-0.1, -0.05) is 6.07 Å². The molecule has 0 bridgehead atoms. The van der Waals surface area contributed by atoms with Gasteiger partial charge in [-0.15, -0.1) is 0 Å². The first-order valence-corrected chi connectivity index (χ1v) is 6.94. The number of hydrogen-bond donors (Lipinski definition) is 2. The number of nitrogens with one attached hydrogen (secondary N) is 1. The molecule has 124 valence electrons.